The van der Waals surface area contributed by atoms with Crippen molar-refractivity contribution < 1.29 is 0 Å². The Morgan fingerprint density at radius 2 is 1.35 bits per heavy atom. The van der Waals surface area contributed by atoms with Crippen molar-refractivity contribution >= 4 is 5.57 Å². The summed E-state index contributed by atoms with van der Waals surface area (Å²) >= 11 is 0. The van der Waals surface area contributed by atoms with Crippen LogP contribution in [0.25, 0.3) is 5.57 Å². The van der Waals surface area contributed by atoms with Crippen LogP contribution in [0.15, 0.2) is 36.1 Å². The van der Waals surface area contributed by atoms with Crippen LogP contribution in [0.5, 0.6) is 0 Å². The molecule has 4 aliphatic carbocycles. The van der Waals surface area contributed by atoms with Gasteiger partial charge in [0, 0.05) is 0 Å². The predicted molar refractivity (Wildman–Crippen MR) is 111 cm³/mol. The number of hydrogen-bond acceptors (Lipinski definition) is 0. The minimum absolute atomic E-state index is 0.712. The molecule has 0 atom stereocenters. The fourth-order valence-corrected chi connectivity index (χ4v) is 5.84. The van der Waals surface area contributed by atoms with E-state index in [2.05, 4.69) is 36.1 Å². The Balaban J connectivity index is 1.74. The highest BCUT2D eigenvalue weighted by Gasteiger charge is 2.30. The Bertz CT molecular complexity index is 792. The first-order valence-electron chi connectivity index (χ1n) is 10.9. The van der Waals surface area contributed by atoms with Gasteiger partial charge in [0.15, 0.2) is 0 Å². The summed E-state index contributed by atoms with van der Waals surface area (Å²) < 4.78 is 0. The van der Waals surface area contributed by atoms with Gasteiger partial charge in [-0.1, -0.05) is 18.2 Å². The first-order valence-corrected chi connectivity index (χ1v) is 10.9. The van der Waals surface area contributed by atoms with Gasteiger partial charge in [0.1, 0.15) is 0 Å². The lowest BCUT2D eigenvalue weighted by Crippen LogP contribution is -2.21. The highest BCUT2D eigenvalue weighted by atomic mass is 14.3. The zero-order chi connectivity index (χ0) is 17.3. The summed E-state index contributed by atoms with van der Waals surface area (Å²) in [5, 5.41) is 0. The first kappa shape index (κ1) is 16.4. The van der Waals surface area contributed by atoms with Crippen LogP contribution in [0.2, 0.25) is 0 Å². The van der Waals surface area contributed by atoms with Crippen molar-refractivity contribution in [2.75, 3.05) is 0 Å². The minimum atomic E-state index is 0.712. The molecule has 0 saturated carbocycles. The largest absolute Gasteiger partial charge is 0.130 e. The average molecular weight is 343 g/mol. The molecule has 0 radical (unpaired) electrons. The molecule has 134 valence electrons. The minimum Gasteiger partial charge on any atom is -0.130 e. The lowest BCUT2D eigenvalue weighted by Gasteiger charge is -2.35. The number of rotatable bonds is 2. The van der Waals surface area contributed by atoms with Crippen molar-refractivity contribution in [1.29, 1.82) is 0 Å². The van der Waals surface area contributed by atoms with E-state index >= 15 is 0 Å². The maximum atomic E-state index is 3.34. The normalized spacial score (nSPS) is 22.1. The second-order valence-electron chi connectivity index (χ2n) is 8.50. The number of hydrogen-bond donors (Lipinski definition) is 0. The van der Waals surface area contributed by atoms with E-state index in [-0.39, 0.29) is 0 Å². The third-order valence-electron chi connectivity index (χ3n) is 6.96. The molecule has 0 fully saturated rings. The van der Waals surface area contributed by atoms with Crippen LogP contribution in [0.1, 0.15) is 90.7 Å². The first-order chi connectivity index (χ1) is 12.9. The van der Waals surface area contributed by atoms with Gasteiger partial charge in [-0.05, 0) is 134 Å². The Morgan fingerprint density at radius 1 is 0.731 bits per heavy atom. The fourth-order valence-electron chi connectivity index (χ4n) is 5.84. The van der Waals surface area contributed by atoms with Gasteiger partial charge >= 0.3 is 0 Å². The summed E-state index contributed by atoms with van der Waals surface area (Å²) in [5.41, 5.74) is 15.5. The third kappa shape index (κ3) is 2.76. The van der Waals surface area contributed by atoms with E-state index in [0.29, 0.717) is 5.92 Å². The quantitative estimate of drug-likeness (QED) is 0.411. The Morgan fingerprint density at radius 3 is 1.92 bits per heavy atom. The average Bonchev–Trinajstić information content (AvgIpc) is 2.73. The van der Waals surface area contributed by atoms with Crippen LogP contribution >= 0.6 is 0 Å². The van der Waals surface area contributed by atoms with E-state index < -0.39 is 0 Å². The molecule has 0 amide bonds. The van der Waals surface area contributed by atoms with Crippen molar-refractivity contribution in [3.63, 3.8) is 0 Å². The molecule has 0 aromatic heterocycles. The maximum Gasteiger partial charge on any atom is -0.00750 e. The fraction of sp³-hybridized carbons (Fsp3) is 0.500. The van der Waals surface area contributed by atoms with Gasteiger partial charge < -0.3 is 0 Å². The van der Waals surface area contributed by atoms with Crippen molar-refractivity contribution in [2.45, 2.75) is 83.0 Å². The van der Waals surface area contributed by atoms with Crippen LogP contribution in [-0.4, -0.2) is 0 Å². The standard InChI is InChI=1S/C26H30/c1-3-11-19(12-4-1)25-21-15-7-9-17-23(21)26(20-13-5-2-6-14-20)24-18-10-8-16-22(24)25/h1,3,5-6,12,20H,4,7-11,13-18H2. The SMILES string of the molecule is C1=CCC(c2c3c(c(C4=CCC=CC4)c4c2CCCC4)CCCC3)CC=1. The molecule has 0 saturated heterocycles. The molecule has 0 unspecified atom stereocenters. The van der Waals surface area contributed by atoms with E-state index in [1.165, 1.54) is 64.2 Å². The van der Waals surface area contributed by atoms with Gasteiger partial charge in [-0.15, -0.1) is 5.73 Å². The van der Waals surface area contributed by atoms with Crippen LogP contribution in [0, 0.1) is 0 Å². The smallest absolute Gasteiger partial charge is 0.00750 e. The molecule has 5 rings (SSSR count). The molecule has 1 aromatic rings. The second kappa shape index (κ2) is 7.09. The summed E-state index contributed by atoms with van der Waals surface area (Å²) in [4.78, 5) is 0. The van der Waals surface area contributed by atoms with Crippen LogP contribution in [0.4, 0.5) is 0 Å². The highest BCUT2D eigenvalue weighted by Crippen LogP contribution is 2.45. The van der Waals surface area contributed by atoms with Crippen molar-refractivity contribution in [1.82, 2.24) is 0 Å². The van der Waals surface area contributed by atoms with Gasteiger partial charge in [-0.2, -0.15) is 0 Å². The van der Waals surface area contributed by atoms with Crippen molar-refractivity contribution in [3.05, 3.63) is 69.5 Å². The zero-order valence-corrected chi connectivity index (χ0v) is 15.9. The summed E-state index contributed by atoms with van der Waals surface area (Å²) in [5.74, 6) is 0.712. The molecular formula is C26H30. The monoisotopic (exact) mass is 342 g/mol. The molecular weight excluding hydrogens is 312 g/mol. The van der Waals surface area contributed by atoms with Crippen molar-refractivity contribution in [2.24, 2.45) is 0 Å². The molecule has 0 heteroatoms. The maximum absolute atomic E-state index is 3.34. The van der Waals surface area contributed by atoms with Gasteiger partial charge in [-0.3, -0.25) is 0 Å². The zero-order valence-electron chi connectivity index (χ0n) is 15.9. The Labute approximate surface area is 158 Å². The van der Waals surface area contributed by atoms with Crippen LogP contribution < -0.4 is 0 Å². The van der Waals surface area contributed by atoms with Gasteiger partial charge in [0.25, 0.3) is 0 Å². The molecule has 4 aliphatic rings. The molecule has 0 aliphatic heterocycles. The molecule has 0 spiro atoms. The predicted octanol–water partition coefficient (Wildman–Crippen LogP) is 6.77. The van der Waals surface area contributed by atoms with Gasteiger partial charge in [0.2, 0.25) is 0 Å². The van der Waals surface area contributed by atoms with Gasteiger partial charge in [-0.25, -0.2) is 0 Å². The molecule has 0 bridgehead atoms. The lowest BCUT2D eigenvalue weighted by atomic mass is 9.69. The summed E-state index contributed by atoms with van der Waals surface area (Å²) in [6.07, 6.45) is 27.2. The van der Waals surface area contributed by atoms with Crippen molar-refractivity contribution in [3.8, 4) is 0 Å². The van der Waals surface area contributed by atoms with E-state index in [1.807, 2.05) is 0 Å². The van der Waals surface area contributed by atoms with Crippen LogP contribution in [-0.2, 0) is 25.7 Å². The third-order valence-corrected chi connectivity index (χ3v) is 6.96. The topological polar surface area (TPSA) is 0 Å². The molecule has 26 heavy (non-hydrogen) atoms. The lowest BCUT2D eigenvalue weighted by molar-refractivity contribution is 0.608. The molecule has 0 N–H and O–H groups in total. The van der Waals surface area contributed by atoms with Gasteiger partial charge in [0.05, 0.1) is 0 Å². The molecule has 0 heterocycles. The number of allylic oxidation sites excluding steroid dienone is 5. The summed E-state index contributed by atoms with van der Waals surface area (Å²) in [6.45, 7) is 0. The summed E-state index contributed by atoms with van der Waals surface area (Å²) in [6, 6.07) is 0. The second-order valence-corrected chi connectivity index (χ2v) is 8.50. The van der Waals surface area contributed by atoms with E-state index in [1.54, 1.807) is 39.0 Å². The van der Waals surface area contributed by atoms with E-state index in [9.17, 15) is 0 Å². The summed E-state index contributed by atoms with van der Waals surface area (Å²) in [7, 11) is 0. The van der Waals surface area contributed by atoms with E-state index in [4.69, 9.17) is 0 Å². The molecule has 0 nitrogen and oxygen atoms in total. The Kier molecular flexibility index (Phi) is 4.47. The Hall–Kier alpha value is -1.78. The number of fused-ring (bicyclic) bond motifs is 2. The van der Waals surface area contributed by atoms with Crippen LogP contribution in [0.3, 0.4) is 0 Å². The molecule has 1 aromatic carbocycles. The highest BCUT2D eigenvalue weighted by molar-refractivity contribution is 5.77. The van der Waals surface area contributed by atoms with E-state index in [0.717, 1.165) is 12.8 Å². The number of benzene rings is 1.